The van der Waals surface area contributed by atoms with Crippen molar-refractivity contribution in [2.45, 2.75) is 38.8 Å². The minimum Gasteiger partial charge on any atom is -0.251 e. The number of hydrogen-bond acceptors (Lipinski definition) is 2. The van der Waals surface area contributed by atoms with Crippen LogP contribution in [0.15, 0.2) is 39.8 Å². The van der Waals surface area contributed by atoms with Gasteiger partial charge in [-0.1, -0.05) is 13.5 Å². The number of nitrogens with zero attached hydrogens (tertiary/aromatic N) is 2. The Morgan fingerprint density at radius 2 is 1.86 bits per heavy atom. The van der Waals surface area contributed by atoms with Crippen LogP contribution in [-0.4, -0.2) is 17.8 Å². The highest BCUT2D eigenvalue weighted by atomic mass is 19.4. The Morgan fingerprint density at radius 3 is 2.23 bits per heavy atom. The van der Waals surface area contributed by atoms with E-state index in [1.54, 1.807) is 6.92 Å². The van der Waals surface area contributed by atoms with E-state index in [0.29, 0.717) is 5.57 Å². The van der Waals surface area contributed by atoms with E-state index < -0.39 is 34.8 Å². The van der Waals surface area contributed by atoms with Crippen molar-refractivity contribution in [3.05, 3.63) is 34.8 Å². The summed E-state index contributed by atoms with van der Waals surface area (Å²) in [5, 5.41) is 9.00. The van der Waals surface area contributed by atoms with Crippen molar-refractivity contribution in [1.82, 2.24) is 0 Å². The van der Waals surface area contributed by atoms with Gasteiger partial charge in [0.1, 0.15) is 11.5 Å². The molecule has 1 aliphatic rings. The maximum atomic E-state index is 13.7. The fraction of sp³-hybridized carbons (Fsp3) is 0.429. The van der Waals surface area contributed by atoms with Gasteiger partial charge in [-0.2, -0.15) is 27.2 Å². The molecule has 0 radical (unpaired) electrons. The lowest BCUT2D eigenvalue weighted by Gasteiger charge is -2.22. The molecule has 0 saturated carbocycles. The molecule has 0 fully saturated rings. The lowest BCUT2D eigenvalue weighted by Crippen LogP contribution is -2.45. The molecule has 1 heterocycles. The summed E-state index contributed by atoms with van der Waals surface area (Å²) in [6.07, 6.45) is -5.94. The van der Waals surface area contributed by atoms with Crippen LogP contribution in [0.4, 0.5) is 26.3 Å². The smallest absolute Gasteiger partial charge is 0.251 e. The summed E-state index contributed by atoms with van der Waals surface area (Å²) in [6, 6.07) is 1.48. The number of nitriles is 1. The predicted molar refractivity (Wildman–Crippen MR) is 68.9 cm³/mol. The molecule has 22 heavy (non-hydrogen) atoms. The molecule has 1 aliphatic heterocycles. The summed E-state index contributed by atoms with van der Waals surface area (Å²) in [5.41, 5.74) is -3.27. The predicted octanol–water partition coefficient (Wildman–Crippen LogP) is 5.02. The fourth-order valence-corrected chi connectivity index (χ4v) is 2.01. The van der Waals surface area contributed by atoms with Gasteiger partial charge in [0, 0.05) is 17.7 Å². The Hall–Kier alpha value is -2.04. The topological polar surface area (TPSA) is 36.1 Å². The van der Waals surface area contributed by atoms with Crippen LogP contribution in [0, 0.1) is 11.3 Å². The van der Waals surface area contributed by atoms with Gasteiger partial charge in [0.15, 0.2) is 0 Å². The normalized spacial score (nSPS) is 17.1. The molecule has 0 unspecified atom stereocenters. The zero-order chi connectivity index (χ0) is 17.3. The highest BCUT2D eigenvalue weighted by Crippen LogP contribution is 2.42. The molecule has 0 aromatic heterocycles. The van der Waals surface area contributed by atoms with Gasteiger partial charge in [0.25, 0.3) is 0 Å². The van der Waals surface area contributed by atoms with Gasteiger partial charge in [-0.25, -0.2) is 4.39 Å². The summed E-state index contributed by atoms with van der Waals surface area (Å²) in [6.45, 7) is 5.63. The minimum absolute atomic E-state index is 0.0922. The largest absolute Gasteiger partial charge is 0.459 e. The molecule has 2 nitrogen and oxygen atoms in total. The number of allylic oxidation sites excluding steroid dienone is 5. The SMILES string of the molecule is C=C(F)C1=C(C#N)CC(CC)=C(C)N=C1C(F)(F)C(F)(F)F. The van der Waals surface area contributed by atoms with Gasteiger partial charge >= 0.3 is 12.1 Å². The average Bonchev–Trinajstić information content (AvgIpc) is 2.53. The van der Waals surface area contributed by atoms with Gasteiger partial charge in [-0.15, -0.1) is 0 Å². The molecule has 0 aromatic rings. The zero-order valence-electron chi connectivity index (χ0n) is 11.8. The van der Waals surface area contributed by atoms with E-state index >= 15 is 0 Å². The standard InChI is InChI=1S/C14H12F6N2/c1-4-9-5-10(6-21)11(7(2)15)12(22-8(9)3)13(16,17)14(18,19)20/h2,4-5H2,1,3H3. The Bertz CT molecular complexity index is 629. The van der Waals surface area contributed by atoms with Gasteiger partial charge in [-0.05, 0) is 18.9 Å². The summed E-state index contributed by atoms with van der Waals surface area (Å²) >= 11 is 0. The van der Waals surface area contributed by atoms with Crippen LogP contribution < -0.4 is 0 Å². The van der Waals surface area contributed by atoms with Gasteiger partial charge in [0.2, 0.25) is 0 Å². The zero-order valence-corrected chi connectivity index (χ0v) is 11.8. The number of hydrogen-bond donors (Lipinski definition) is 0. The number of rotatable bonds is 3. The van der Waals surface area contributed by atoms with E-state index in [4.69, 9.17) is 5.26 Å². The maximum absolute atomic E-state index is 13.7. The highest BCUT2D eigenvalue weighted by Gasteiger charge is 2.62. The molecular weight excluding hydrogens is 310 g/mol. The summed E-state index contributed by atoms with van der Waals surface area (Å²) in [7, 11) is 0. The maximum Gasteiger partial charge on any atom is 0.459 e. The molecule has 0 spiro atoms. The van der Waals surface area contributed by atoms with Crippen LogP contribution in [0.25, 0.3) is 0 Å². The Kier molecular flexibility index (Phi) is 4.90. The molecule has 0 aromatic carbocycles. The quantitative estimate of drug-likeness (QED) is 0.672. The van der Waals surface area contributed by atoms with Crippen molar-refractivity contribution in [2.24, 2.45) is 4.99 Å². The van der Waals surface area contributed by atoms with Crippen LogP contribution >= 0.6 is 0 Å². The molecular formula is C14H12F6N2. The second-order valence-electron chi connectivity index (χ2n) is 4.62. The Morgan fingerprint density at radius 1 is 1.32 bits per heavy atom. The van der Waals surface area contributed by atoms with Gasteiger partial charge in [-0.3, -0.25) is 4.99 Å². The highest BCUT2D eigenvalue weighted by molar-refractivity contribution is 6.10. The van der Waals surface area contributed by atoms with Gasteiger partial charge < -0.3 is 0 Å². The lowest BCUT2D eigenvalue weighted by molar-refractivity contribution is -0.249. The molecule has 0 atom stereocenters. The van der Waals surface area contributed by atoms with Crippen molar-refractivity contribution < 1.29 is 26.3 Å². The number of aliphatic imine (C=N–C) groups is 1. The van der Waals surface area contributed by atoms with Crippen LogP contribution in [0.5, 0.6) is 0 Å². The molecule has 0 bridgehead atoms. The number of alkyl halides is 5. The summed E-state index contributed by atoms with van der Waals surface area (Å²) < 4.78 is 78.8. The number of halogens is 6. The molecule has 0 aliphatic carbocycles. The first-order chi connectivity index (χ1) is 9.97. The van der Waals surface area contributed by atoms with E-state index in [1.807, 2.05) is 0 Å². The Labute approximate surface area is 123 Å². The summed E-state index contributed by atoms with van der Waals surface area (Å²) in [5.74, 6) is -6.95. The average molecular weight is 322 g/mol. The third-order valence-electron chi connectivity index (χ3n) is 3.21. The summed E-state index contributed by atoms with van der Waals surface area (Å²) in [4.78, 5) is 3.28. The first kappa shape index (κ1) is 18.0. The first-order valence-corrected chi connectivity index (χ1v) is 6.18. The Balaban J connectivity index is 3.77. The first-order valence-electron chi connectivity index (χ1n) is 6.18. The third-order valence-corrected chi connectivity index (χ3v) is 3.21. The molecule has 8 heteroatoms. The molecule has 0 amide bonds. The van der Waals surface area contributed by atoms with Crippen LogP contribution in [0.2, 0.25) is 0 Å². The molecule has 1 rings (SSSR count). The molecule has 0 saturated heterocycles. The van der Waals surface area contributed by atoms with E-state index in [9.17, 15) is 26.3 Å². The van der Waals surface area contributed by atoms with E-state index in [1.165, 1.54) is 13.0 Å². The fourth-order valence-electron chi connectivity index (χ4n) is 2.01. The second kappa shape index (κ2) is 5.99. The van der Waals surface area contributed by atoms with Crippen LogP contribution in [0.3, 0.4) is 0 Å². The van der Waals surface area contributed by atoms with E-state index in [2.05, 4.69) is 11.6 Å². The van der Waals surface area contributed by atoms with Crippen molar-refractivity contribution >= 4 is 5.71 Å². The molecule has 120 valence electrons. The molecule has 0 N–H and O–H groups in total. The van der Waals surface area contributed by atoms with E-state index in [-0.39, 0.29) is 18.5 Å². The van der Waals surface area contributed by atoms with E-state index in [0.717, 1.165) is 0 Å². The third kappa shape index (κ3) is 3.08. The second-order valence-corrected chi connectivity index (χ2v) is 4.62. The van der Waals surface area contributed by atoms with Crippen molar-refractivity contribution in [3.63, 3.8) is 0 Å². The lowest BCUT2D eigenvalue weighted by atomic mass is 9.94. The van der Waals surface area contributed by atoms with Gasteiger partial charge in [0.05, 0.1) is 11.6 Å². The van der Waals surface area contributed by atoms with Crippen molar-refractivity contribution in [1.29, 1.82) is 5.26 Å². The monoisotopic (exact) mass is 322 g/mol. The minimum atomic E-state index is -5.97. The van der Waals surface area contributed by atoms with Crippen molar-refractivity contribution in [2.75, 3.05) is 0 Å². The van der Waals surface area contributed by atoms with Crippen molar-refractivity contribution in [3.8, 4) is 6.07 Å². The van der Waals surface area contributed by atoms with Crippen LogP contribution in [0.1, 0.15) is 26.7 Å². The van der Waals surface area contributed by atoms with Crippen LogP contribution in [-0.2, 0) is 0 Å².